The van der Waals surface area contributed by atoms with Crippen LogP contribution in [0.3, 0.4) is 0 Å². The SMILES string of the molecule is CC(C)(COCCC(=O)NCCCCCCCC(=O)CCCOCCOCCOCCC(=O)ON1C(=O)CCC1=O)COCCC(=O)NCCCCCCCC(=O)CCCOCCOCCOCCC(=O)ON1C(=O)CCC1=O. The van der Waals surface area contributed by atoms with Crippen molar-refractivity contribution in [2.75, 3.05) is 119 Å². The number of carbonyl (C=O) groups excluding carboxylic acids is 10. The summed E-state index contributed by atoms with van der Waals surface area (Å²) in [5, 5.41) is 6.90. The standard InChI is InChI=1S/C55H92N4O20/c1-55(2,43-76-31-23-47(62)56-27-11-7-3-5-9-15-45(60)17-13-29-70-35-39-74-41-37-72-33-25-53(68)78-58-49(64)19-20-50(58)65)44-77-32-24-48(63)57-28-12-8-4-6-10-16-46(61)18-14-30-71-36-40-75-42-38-73-34-26-54(69)79-59-51(66)21-22-52(59)67/h3-44H2,1-2H3,(H,56,62)(H,57,63). The maximum atomic E-state index is 12.3. The summed E-state index contributed by atoms with van der Waals surface area (Å²) in [5.41, 5.74) is -0.278. The predicted molar refractivity (Wildman–Crippen MR) is 283 cm³/mol. The number of hydroxylamine groups is 4. The Bertz CT molecular complexity index is 1640. The maximum absolute atomic E-state index is 12.3. The molecule has 2 aliphatic rings. The third-order valence-electron chi connectivity index (χ3n) is 12.1. The molecule has 0 aromatic rings. The van der Waals surface area contributed by atoms with Crippen molar-refractivity contribution in [3.8, 4) is 0 Å². The Kier molecular flexibility index (Phi) is 40.8. The van der Waals surface area contributed by atoms with Gasteiger partial charge in [0.15, 0.2) is 0 Å². The number of nitrogens with one attached hydrogen (secondary N) is 2. The van der Waals surface area contributed by atoms with Crippen LogP contribution in [0.25, 0.3) is 0 Å². The molecule has 2 saturated heterocycles. The highest BCUT2D eigenvalue weighted by Gasteiger charge is 2.33. The highest BCUT2D eigenvalue weighted by molar-refractivity contribution is 6.02. The number of hydrogen-bond acceptors (Lipinski definition) is 20. The second-order valence-electron chi connectivity index (χ2n) is 20.1. The topological polar surface area (TPSA) is 294 Å². The highest BCUT2D eigenvalue weighted by atomic mass is 16.7. The Hall–Kier alpha value is -4.82. The molecular weight excluding hydrogens is 1040 g/mol. The molecule has 0 aromatic heterocycles. The van der Waals surface area contributed by atoms with E-state index in [0.717, 1.165) is 64.2 Å². The second-order valence-corrected chi connectivity index (χ2v) is 20.1. The summed E-state index contributed by atoms with van der Waals surface area (Å²) in [6.45, 7) is 10.5. The summed E-state index contributed by atoms with van der Waals surface area (Å²) in [6.07, 6.45) is 13.2. The van der Waals surface area contributed by atoms with Gasteiger partial charge in [-0.25, -0.2) is 9.59 Å². The van der Waals surface area contributed by atoms with Crippen LogP contribution in [0, 0.1) is 5.41 Å². The van der Waals surface area contributed by atoms with Gasteiger partial charge < -0.3 is 58.2 Å². The van der Waals surface area contributed by atoms with E-state index in [1.54, 1.807) is 0 Å². The molecule has 0 bridgehead atoms. The number of imide groups is 2. The van der Waals surface area contributed by atoms with Crippen molar-refractivity contribution in [1.82, 2.24) is 20.8 Å². The van der Waals surface area contributed by atoms with Crippen LogP contribution < -0.4 is 10.6 Å². The van der Waals surface area contributed by atoms with Crippen molar-refractivity contribution in [3.05, 3.63) is 0 Å². The van der Waals surface area contributed by atoms with Crippen LogP contribution >= 0.6 is 0 Å². The normalized spacial score (nSPS) is 13.6. The van der Waals surface area contributed by atoms with Crippen LogP contribution in [0.2, 0.25) is 0 Å². The quantitative estimate of drug-likeness (QED) is 0.0624. The van der Waals surface area contributed by atoms with E-state index < -0.39 is 35.6 Å². The third-order valence-corrected chi connectivity index (χ3v) is 12.1. The zero-order valence-corrected chi connectivity index (χ0v) is 47.3. The van der Waals surface area contributed by atoms with Crippen LogP contribution in [0.1, 0.15) is 168 Å². The summed E-state index contributed by atoms with van der Waals surface area (Å²) in [6, 6.07) is 0. The number of Topliss-reactive ketones (excluding diaryl/α,β-unsaturated/α-hetero) is 2. The molecule has 0 radical (unpaired) electrons. The van der Waals surface area contributed by atoms with Crippen molar-refractivity contribution in [1.29, 1.82) is 0 Å². The Balaban J connectivity index is 1.24. The van der Waals surface area contributed by atoms with Crippen LogP contribution in [0.15, 0.2) is 0 Å². The van der Waals surface area contributed by atoms with Gasteiger partial charge in [-0.1, -0.05) is 52.4 Å². The zero-order chi connectivity index (χ0) is 57.6. The lowest BCUT2D eigenvalue weighted by molar-refractivity contribution is -0.198. The van der Waals surface area contributed by atoms with E-state index in [2.05, 4.69) is 10.6 Å². The molecule has 0 aliphatic carbocycles. The summed E-state index contributed by atoms with van der Waals surface area (Å²) in [4.78, 5) is 128. The van der Waals surface area contributed by atoms with Gasteiger partial charge in [-0.05, 0) is 38.5 Å². The number of amides is 6. The van der Waals surface area contributed by atoms with Gasteiger partial charge >= 0.3 is 11.9 Å². The molecule has 24 heteroatoms. The monoisotopic (exact) mass is 1130 g/mol. The van der Waals surface area contributed by atoms with Crippen LogP contribution in [0.5, 0.6) is 0 Å². The summed E-state index contributed by atoms with van der Waals surface area (Å²) in [7, 11) is 0. The Labute approximate surface area is 466 Å². The molecule has 2 rings (SSSR count). The number of rotatable bonds is 54. The lowest BCUT2D eigenvalue weighted by Gasteiger charge is -2.24. The molecule has 0 aromatic carbocycles. The van der Waals surface area contributed by atoms with Crippen molar-refractivity contribution < 1.29 is 95.5 Å². The van der Waals surface area contributed by atoms with Gasteiger partial charge in [-0.15, -0.1) is 10.1 Å². The number of hydrogen-bond donors (Lipinski definition) is 2. The molecule has 0 spiro atoms. The number of unbranched alkanes of at least 4 members (excludes halogenated alkanes) is 8. The van der Waals surface area contributed by atoms with Crippen molar-refractivity contribution in [2.24, 2.45) is 5.41 Å². The van der Waals surface area contributed by atoms with E-state index >= 15 is 0 Å². The van der Waals surface area contributed by atoms with E-state index in [0.29, 0.717) is 141 Å². The fraction of sp³-hybridized carbons (Fsp3) is 0.818. The first kappa shape index (κ1) is 70.3. The van der Waals surface area contributed by atoms with Gasteiger partial charge in [-0.3, -0.25) is 38.4 Å². The fourth-order valence-corrected chi connectivity index (χ4v) is 7.65. The molecule has 452 valence electrons. The molecule has 79 heavy (non-hydrogen) atoms. The lowest BCUT2D eigenvalue weighted by Crippen LogP contribution is -2.32. The molecule has 0 unspecified atom stereocenters. The van der Waals surface area contributed by atoms with Gasteiger partial charge in [-0.2, -0.15) is 0 Å². The minimum Gasteiger partial charge on any atom is -0.380 e. The molecule has 0 saturated carbocycles. The van der Waals surface area contributed by atoms with E-state index in [1.165, 1.54) is 0 Å². The minimum atomic E-state index is -0.715. The van der Waals surface area contributed by atoms with Crippen LogP contribution in [0.4, 0.5) is 0 Å². The van der Waals surface area contributed by atoms with E-state index in [-0.39, 0.29) is 107 Å². The largest absolute Gasteiger partial charge is 0.380 e. The zero-order valence-electron chi connectivity index (χ0n) is 47.3. The molecule has 2 aliphatic heterocycles. The van der Waals surface area contributed by atoms with Crippen molar-refractivity contribution in [2.45, 2.75) is 168 Å². The summed E-state index contributed by atoms with van der Waals surface area (Å²) in [5.74, 6) is -3.18. The number of carbonyl (C=O) groups is 10. The fourth-order valence-electron chi connectivity index (χ4n) is 7.65. The predicted octanol–water partition coefficient (Wildman–Crippen LogP) is 4.53. The molecule has 2 N–H and O–H groups in total. The number of ketones is 2. The molecular formula is C55H92N4O20. The van der Waals surface area contributed by atoms with E-state index in [4.69, 9.17) is 47.6 Å². The van der Waals surface area contributed by atoms with Gasteiger partial charge in [0.1, 0.15) is 11.6 Å². The number of nitrogens with zero attached hydrogens (tertiary/aromatic N) is 2. The first-order chi connectivity index (χ1) is 38.2. The van der Waals surface area contributed by atoms with Gasteiger partial charge in [0.05, 0.1) is 105 Å². The van der Waals surface area contributed by atoms with Crippen LogP contribution in [-0.2, 0) is 95.5 Å². The molecule has 2 heterocycles. The number of ether oxygens (including phenoxy) is 8. The van der Waals surface area contributed by atoms with Gasteiger partial charge in [0, 0.05) is 95.9 Å². The first-order valence-corrected chi connectivity index (χ1v) is 28.5. The minimum absolute atomic E-state index is 0.0434. The average molecular weight is 1130 g/mol. The Morgan fingerprint density at radius 1 is 0.354 bits per heavy atom. The molecule has 24 nitrogen and oxygen atoms in total. The van der Waals surface area contributed by atoms with Crippen LogP contribution in [-0.4, -0.2) is 188 Å². The average Bonchev–Trinajstić information content (AvgIpc) is 3.92. The van der Waals surface area contributed by atoms with E-state index in [1.807, 2.05) is 13.8 Å². The van der Waals surface area contributed by atoms with Crippen molar-refractivity contribution >= 4 is 58.9 Å². The second kappa shape index (κ2) is 45.9. The first-order valence-electron chi connectivity index (χ1n) is 28.5. The maximum Gasteiger partial charge on any atom is 0.335 e. The van der Waals surface area contributed by atoms with E-state index in [9.17, 15) is 47.9 Å². The molecule has 2 fully saturated rings. The third kappa shape index (κ3) is 39.3. The smallest absolute Gasteiger partial charge is 0.335 e. The Morgan fingerprint density at radius 3 is 1.01 bits per heavy atom. The highest BCUT2D eigenvalue weighted by Crippen LogP contribution is 2.17. The van der Waals surface area contributed by atoms with Crippen molar-refractivity contribution in [3.63, 3.8) is 0 Å². The summed E-state index contributed by atoms with van der Waals surface area (Å²) < 4.78 is 44.0. The Morgan fingerprint density at radius 2 is 0.646 bits per heavy atom. The summed E-state index contributed by atoms with van der Waals surface area (Å²) >= 11 is 0. The molecule has 0 atom stereocenters. The van der Waals surface area contributed by atoms with Gasteiger partial charge in [0.2, 0.25) is 11.8 Å². The molecule has 6 amide bonds. The van der Waals surface area contributed by atoms with Gasteiger partial charge in [0.25, 0.3) is 23.6 Å². The lowest BCUT2D eigenvalue weighted by atomic mass is 9.96.